The van der Waals surface area contributed by atoms with E-state index in [1.54, 1.807) is 0 Å². The average molecular weight is 410 g/mol. The summed E-state index contributed by atoms with van der Waals surface area (Å²) in [5.74, 6) is 1.20. The number of halogens is 2. The molecule has 3 rings (SSSR count). The highest BCUT2D eigenvalue weighted by Gasteiger charge is 2.41. The van der Waals surface area contributed by atoms with Crippen molar-refractivity contribution in [1.82, 2.24) is 25.7 Å². The SMILES string of the molecule is CN(C)Cc1nc(C2(NC(=O)CC3COCCN3)CCCC2)no1.Cl.Cl. The lowest BCUT2D eigenvalue weighted by Crippen LogP contribution is -2.49. The third kappa shape index (κ3) is 5.79. The number of carbonyl (C=O) groups is 1. The van der Waals surface area contributed by atoms with Crippen LogP contribution in [0.4, 0.5) is 0 Å². The molecule has 1 saturated heterocycles. The Bertz CT molecular complexity index is 558. The number of hydrogen-bond acceptors (Lipinski definition) is 7. The van der Waals surface area contributed by atoms with Gasteiger partial charge in [-0.1, -0.05) is 18.0 Å². The fourth-order valence-corrected chi connectivity index (χ4v) is 3.46. The van der Waals surface area contributed by atoms with Crippen LogP contribution in [0.15, 0.2) is 4.52 Å². The van der Waals surface area contributed by atoms with E-state index in [1.165, 1.54) is 0 Å². The topological polar surface area (TPSA) is 92.5 Å². The quantitative estimate of drug-likeness (QED) is 0.729. The molecule has 1 aliphatic carbocycles. The standard InChI is InChI=1S/C16H27N5O3.2ClH/c1-21(2)10-14-18-15(20-24-14)16(5-3-4-6-16)19-13(22)9-12-11-23-8-7-17-12;;/h12,17H,3-11H2,1-2H3,(H,19,22);2*1H. The van der Waals surface area contributed by atoms with E-state index in [0.29, 0.717) is 37.9 Å². The molecule has 8 nitrogen and oxygen atoms in total. The molecule has 2 aliphatic rings. The highest BCUT2D eigenvalue weighted by Crippen LogP contribution is 2.37. The van der Waals surface area contributed by atoms with Gasteiger partial charge in [0, 0.05) is 19.0 Å². The minimum absolute atomic E-state index is 0. The molecule has 1 aromatic heterocycles. The fraction of sp³-hybridized carbons (Fsp3) is 0.812. The van der Waals surface area contributed by atoms with Crippen LogP contribution in [0.1, 0.15) is 43.8 Å². The van der Waals surface area contributed by atoms with Crippen LogP contribution in [0.2, 0.25) is 0 Å². The molecule has 0 bridgehead atoms. The molecule has 0 aromatic carbocycles. The first kappa shape index (κ1) is 23.1. The minimum atomic E-state index is -0.485. The van der Waals surface area contributed by atoms with Crippen LogP contribution in [-0.4, -0.2) is 60.8 Å². The molecular weight excluding hydrogens is 381 g/mol. The molecule has 26 heavy (non-hydrogen) atoms. The third-order valence-corrected chi connectivity index (χ3v) is 4.61. The van der Waals surface area contributed by atoms with Crippen LogP contribution in [-0.2, 0) is 21.6 Å². The lowest BCUT2D eigenvalue weighted by molar-refractivity contribution is -0.124. The summed E-state index contributed by atoms with van der Waals surface area (Å²) < 4.78 is 10.8. The van der Waals surface area contributed by atoms with Gasteiger partial charge in [0.15, 0.2) is 5.82 Å². The number of morpholine rings is 1. The second-order valence-corrected chi connectivity index (χ2v) is 7.02. The lowest BCUT2D eigenvalue weighted by Gasteiger charge is -2.29. The van der Waals surface area contributed by atoms with E-state index in [2.05, 4.69) is 20.8 Å². The van der Waals surface area contributed by atoms with Gasteiger partial charge in [0.1, 0.15) is 5.54 Å². The zero-order valence-corrected chi connectivity index (χ0v) is 17.0. The molecule has 1 atom stereocenters. The van der Waals surface area contributed by atoms with Gasteiger partial charge in [0.05, 0.1) is 19.8 Å². The maximum absolute atomic E-state index is 12.5. The van der Waals surface area contributed by atoms with Gasteiger partial charge in [-0.25, -0.2) is 0 Å². The Labute approximate surface area is 166 Å². The number of rotatable bonds is 6. The van der Waals surface area contributed by atoms with E-state index in [0.717, 1.165) is 32.2 Å². The van der Waals surface area contributed by atoms with Crippen molar-refractivity contribution in [3.63, 3.8) is 0 Å². The summed E-state index contributed by atoms with van der Waals surface area (Å²) in [6.45, 7) is 2.68. The predicted molar refractivity (Wildman–Crippen MR) is 102 cm³/mol. The number of carbonyl (C=O) groups excluding carboxylic acids is 1. The van der Waals surface area contributed by atoms with Crippen LogP contribution in [0.25, 0.3) is 0 Å². The molecule has 1 aliphatic heterocycles. The van der Waals surface area contributed by atoms with Crippen molar-refractivity contribution in [3.05, 3.63) is 11.7 Å². The molecule has 1 saturated carbocycles. The van der Waals surface area contributed by atoms with E-state index >= 15 is 0 Å². The number of aromatic nitrogens is 2. The molecule has 2 fully saturated rings. The molecule has 150 valence electrons. The first-order valence-corrected chi connectivity index (χ1v) is 8.67. The summed E-state index contributed by atoms with van der Waals surface area (Å²) in [5, 5.41) is 10.7. The van der Waals surface area contributed by atoms with E-state index in [-0.39, 0.29) is 36.8 Å². The van der Waals surface area contributed by atoms with Crippen molar-refractivity contribution < 1.29 is 14.1 Å². The summed E-state index contributed by atoms with van der Waals surface area (Å²) in [6.07, 6.45) is 4.23. The number of amides is 1. The van der Waals surface area contributed by atoms with Crippen LogP contribution in [0.3, 0.4) is 0 Å². The van der Waals surface area contributed by atoms with Crippen molar-refractivity contribution >= 4 is 30.7 Å². The second kappa shape index (κ2) is 10.4. The van der Waals surface area contributed by atoms with E-state index in [4.69, 9.17) is 9.26 Å². The molecule has 0 radical (unpaired) electrons. The van der Waals surface area contributed by atoms with Crippen molar-refractivity contribution in [2.24, 2.45) is 0 Å². The van der Waals surface area contributed by atoms with Gasteiger partial charge < -0.3 is 24.8 Å². The Balaban J connectivity index is 0.00000169. The summed E-state index contributed by atoms with van der Waals surface area (Å²) in [6, 6.07) is 0.0757. The van der Waals surface area contributed by atoms with Gasteiger partial charge in [-0.05, 0) is 26.9 Å². The van der Waals surface area contributed by atoms with Gasteiger partial charge in [0.25, 0.3) is 0 Å². The van der Waals surface area contributed by atoms with Gasteiger partial charge in [-0.15, -0.1) is 24.8 Å². The van der Waals surface area contributed by atoms with Gasteiger partial charge >= 0.3 is 0 Å². The lowest BCUT2D eigenvalue weighted by atomic mass is 9.96. The van der Waals surface area contributed by atoms with Crippen molar-refractivity contribution in [1.29, 1.82) is 0 Å². The normalized spacial score (nSPS) is 21.7. The van der Waals surface area contributed by atoms with Crippen LogP contribution < -0.4 is 10.6 Å². The molecule has 0 spiro atoms. The smallest absolute Gasteiger partial charge is 0.240 e. The van der Waals surface area contributed by atoms with Crippen LogP contribution >= 0.6 is 24.8 Å². The number of ether oxygens (including phenoxy) is 1. The van der Waals surface area contributed by atoms with Crippen molar-refractivity contribution in [2.45, 2.75) is 50.2 Å². The molecule has 10 heteroatoms. The summed E-state index contributed by atoms with van der Waals surface area (Å²) in [4.78, 5) is 19.0. The first-order chi connectivity index (χ1) is 11.6. The van der Waals surface area contributed by atoms with Gasteiger partial charge in [-0.2, -0.15) is 4.98 Å². The molecule has 1 amide bonds. The van der Waals surface area contributed by atoms with Gasteiger partial charge in [-0.3, -0.25) is 4.79 Å². The summed E-state index contributed by atoms with van der Waals surface area (Å²) in [5.41, 5.74) is -0.485. The molecular formula is C16H29Cl2N5O3. The van der Waals surface area contributed by atoms with E-state index in [1.807, 2.05) is 19.0 Å². The highest BCUT2D eigenvalue weighted by atomic mass is 35.5. The van der Waals surface area contributed by atoms with Crippen LogP contribution in [0, 0.1) is 0 Å². The molecule has 2 heterocycles. The van der Waals surface area contributed by atoms with Gasteiger partial charge in [0.2, 0.25) is 11.8 Å². The Morgan fingerprint density at radius 1 is 1.35 bits per heavy atom. The minimum Gasteiger partial charge on any atom is -0.378 e. The number of hydrogen-bond donors (Lipinski definition) is 2. The Hall–Kier alpha value is -0.930. The average Bonchev–Trinajstić information content (AvgIpc) is 3.18. The number of nitrogens with one attached hydrogen (secondary N) is 2. The predicted octanol–water partition coefficient (Wildman–Crippen LogP) is 1.24. The zero-order chi connectivity index (χ0) is 17.0. The maximum Gasteiger partial charge on any atom is 0.240 e. The highest BCUT2D eigenvalue weighted by molar-refractivity contribution is 5.85. The van der Waals surface area contributed by atoms with Crippen molar-refractivity contribution in [3.8, 4) is 0 Å². The molecule has 1 aromatic rings. The zero-order valence-electron chi connectivity index (χ0n) is 15.3. The van der Waals surface area contributed by atoms with Crippen molar-refractivity contribution in [2.75, 3.05) is 33.9 Å². The second-order valence-electron chi connectivity index (χ2n) is 7.02. The van der Waals surface area contributed by atoms with E-state index < -0.39 is 5.54 Å². The number of nitrogens with zero attached hydrogens (tertiary/aromatic N) is 3. The Kier molecular flexibility index (Phi) is 9.26. The summed E-state index contributed by atoms with van der Waals surface area (Å²) >= 11 is 0. The third-order valence-electron chi connectivity index (χ3n) is 4.61. The maximum atomic E-state index is 12.5. The van der Waals surface area contributed by atoms with Crippen LogP contribution in [0.5, 0.6) is 0 Å². The first-order valence-electron chi connectivity index (χ1n) is 8.67. The Morgan fingerprint density at radius 2 is 2.08 bits per heavy atom. The molecule has 1 unspecified atom stereocenters. The molecule has 2 N–H and O–H groups in total. The Morgan fingerprint density at radius 3 is 2.69 bits per heavy atom. The monoisotopic (exact) mass is 409 g/mol. The van der Waals surface area contributed by atoms with E-state index in [9.17, 15) is 4.79 Å². The fourth-order valence-electron chi connectivity index (χ4n) is 3.46. The largest absolute Gasteiger partial charge is 0.378 e. The summed E-state index contributed by atoms with van der Waals surface area (Å²) in [7, 11) is 3.91.